The van der Waals surface area contributed by atoms with Gasteiger partial charge in [0.2, 0.25) is 0 Å². The Kier molecular flexibility index (Phi) is 8.71. The lowest BCUT2D eigenvalue weighted by Crippen LogP contribution is -2.42. The van der Waals surface area contributed by atoms with Crippen LogP contribution in [0.5, 0.6) is 5.75 Å². The van der Waals surface area contributed by atoms with Crippen LogP contribution in [0.2, 0.25) is 0 Å². The highest BCUT2D eigenvalue weighted by Gasteiger charge is 2.21. The summed E-state index contributed by atoms with van der Waals surface area (Å²) in [6.07, 6.45) is 1.92. The van der Waals surface area contributed by atoms with Gasteiger partial charge in [0, 0.05) is 13.2 Å². The maximum Gasteiger partial charge on any atom is 0.191 e. The maximum atomic E-state index is 9.99. The predicted octanol–water partition coefficient (Wildman–Crippen LogP) is 2.10. The zero-order chi connectivity index (χ0) is 18.8. The van der Waals surface area contributed by atoms with E-state index in [4.69, 9.17) is 9.47 Å². The van der Waals surface area contributed by atoms with Gasteiger partial charge in [-0.15, -0.1) is 0 Å². The van der Waals surface area contributed by atoms with Crippen LogP contribution in [0.3, 0.4) is 0 Å². The first-order valence-corrected chi connectivity index (χ1v) is 9.58. The molecule has 0 bridgehead atoms. The van der Waals surface area contributed by atoms with E-state index in [0.29, 0.717) is 31.6 Å². The number of hydrogen-bond donors (Lipinski definition) is 3. The molecule has 26 heavy (non-hydrogen) atoms. The first-order valence-electron chi connectivity index (χ1n) is 9.58. The van der Waals surface area contributed by atoms with Crippen molar-refractivity contribution < 1.29 is 14.6 Å². The molecule has 0 saturated heterocycles. The highest BCUT2D eigenvalue weighted by molar-refractivity contribution is 5.79. The average molecular weight is 364 g/mol. The van der Waals surface area contributed by atoms with Crippen molar-refractivity contribution in [2.24, 2.45) is 10.9 Å². The van der Waals surface area contributed by atoms with E-state index in [0.717, 1.165) is 24.5 Å². The number of aryl methyl sites for hydroxylation is 1. The van der Waals surface area contributed by atoms with Crippen LogP contribution in [-0.2, 0) is 4.74 Å². The Labute approximate surface area is 157 Å². The number of rotatable bonds is 11. The molecule has 1 aromatic rings. The van der Waals surface area contributed by atoms with E-state index in [1.807, 2.05) is 45.0 Å². The van der Waals surface area contributed by atoms with Crippen molar-refractivity contribution in [1.82, 2.24) is 10.6 Å². The summed E-state index contributed by atoms with van der Waals surface area (Å²) >= 11 is 0. The van der Waals surface area contributed by atoms with Gasteiger partial charge in [0.25, 0.3) is 0 Å². The van der Waals surface area contributed by atoms with Crippen LogP contribution in [0.1, 0.15) is 32.3 Å². The number of para-hydroxylation sites is 1. The van der Waals surface area contributed by atoms with Crippen molar-refractivity contribution in [3.8, 4) is 5.75 Å². The van der Waals surface area contributed by atoms with Gasteiger partial charge in [-0.1, -0.05) is 18.2 Å². The molecule has 1 aromatic carbocycles. The molecule has 0 aromatic heterocycles. The normalized spacial score (nSPS) is 16.8. The number of aliphatic hydroxyl groups excluding tert-OH is 1. The van der Waals surface area contributed by atoms with Crippen LogP contribution in [0, 0.1) is 12.8 Å². The molecule has 3 N–H and O–H groups in total. The molecule has 0 heterocycles. The highest BCUT2D eigenvalue weighted by atomic mass is 16.5. The van der Waals surface area contributed by atoms with E-state index >= 15 is 0 Å². The molecule has 1 aliphatic rings. The molecule has 0 amide bonds. The van der Waals surface area contributed by atoms with E-state index in [-0.39, 0.29) is 6.10 Å². The van der Waals surface area contributed by atoms with E-state index in [1.54, 1.807) is 0 Å². The number of benzene rings is 1. The summed E-state index contributed by atoms with van der Waals surface area (Å²) in [6, 6.07) is 7.98. The fraction of sp³-hybridized carbons (Fsp3) is 0.650. The van der Waals surface area contributed by atoms with Gasteiger partial charge in [0.1, 0.15) is 11.9 Å². The minimum Gasteiger partial charge on any atom is -0.489 e. The number of hydrogen-bond acceptors (Lipinski definition) is 4. The van der Waals surface area contributed by atoms with Crippen LogP contribution >= 0.6 is 0 Å². The second-order valence-electron chi connectivity index (χ2n) is 6.93. The first-order chi connectivity index (χ1) is 12.6. The van der Waals surface area contributed by atoms with Gasteiger partial charge in [0.05, 0.1) is 25.8 Å². The van der Waals surface area contributed by atoms with Gasteiger partial charge < -0.3 is 25.2 Å². The number of ether oxygens (including phenoxy) is 2. The van der Waals surface area contributed by atoms with E-state index in [1.165, 1.54) is 12.8 Å². The lowest BCUT2D eigenvalue weighted by molar-refractivity contribution is 0.0368. The van der Waals surface area contributed by atoms with Gasteiger partial charge in [0.15, 0.2) is 5.96 Å². The largest absolute Gasteiger partial charge is 0.489 e. The molecular weight excluding hydrogens is 330 g/mol. The van der Waals surface area contributed by atoms with Gasteiger partial charge in [-0.05, 0) is 51.2 Å². The smallest absolute Gasteiger partial charge is 0.191 e. The Morgan fingerprint density at radius 3 is 2.77 bits per heavy atom. The summed E-state index contributed by atoms with van der Waals surface area (Å²) in [5.74, 6) is 2.28. The monoisotopic (exact) mass is 363 g/mol. The van der Waals surface area contributed by atoms with Gasteiger partial charge >= 0.3 is 0 Å². The van der Waals surface area contributed by atoms with E-state index in [9.17, 15) is 5.11 Å². The fourth-order valence-electron chi connectivity index (χ4n) is 2.43. The fourth-order valence-corrected chi connectivity index (χ4v) is 2.43. The molecule has 2 rings (SSSR count). The Balaban J connectivity index is 1.72. The Hall–Kier alpha value is -1.79. The van der Waals surface area contributed by atoms with Crippen molar-refractivity contribution in [1.29, 1.82) is 0 Å². The van der Waals surface area contributed by atoms with Crippen molar-refractivity contribution in [2.45, 2.75) is 45.8 Å². The van der Waals surface area contributed by atoms with Crippen molar-refractivity contribution in [3.63, 3.8) is 0 Å². The van der Waals surface area contributed by atoms with Gasteiger partial charge in [-0.3, -0.25) is 4.99 Å². The minimum atomic E-state index is -0.579. The van der Waals surface area contributed by atoms with Crippen LogP contribution in [0.4, 0.5) is 0 Å². The summed E-state index contributed by atoms with van der Waals surface area (Å²) in [7, 11) is 0. The summed E-state index contributed by atoms with van der Waals surface area (Å²) in [6.45, 7) is 8.85. The van der Waals surface area contributed by atoms with Gasteiger partial charge in [-0.2, -0.15) is 0 Å². The highest BCUT2D eigenvalue weighted by Crippen LogP contribution is 2.28. The van der Waals surface area contributed by atoms with Gasteiger partial charge in [-0.25, -0.2) is 0 Å². The molecule has 6 heteroatoms. The zero-order valence-corrected chi connectivity index (χ0v) is 16.2. The van der Waals surface area contributed by atoms with Crippen LogP contribution < -0.4 is 15.4 Å². The van der Waals surface area contributed by atoms with E-state index < -0.39 is 6.10 Å². The first kappa shape index (κ1) is 20.5. The predicted molar refractivity (Wildman–Crippen MR) is 105 cm³/mol. The third-order valence-corrected chi connectivity index (χ3v) is 4.14. The molecule has 0 radical (unpaired) electrons. The molecule has 1 saturated carbocycles. The number of aliphatic imine (C=N–C) groups is 1. The molecular formula is C20H33N3O3. The third kappa shape index (κ3) is 8.06. The quantitative estimate of drug-likeness (QED) is 0.415. The summed E-state index contributed by atoms with van der Waals surface area (Å²) in [5.41, 5.74) is 1.12. The zero-order valence-electron chi connectivity index (χ0n) is 16.2. The van der Waals surface area contributed by atoms with Crippen LogP contribution in [0.25, 0.3) is 0 Å². The molecule has 1 aliphatic carbocycles. The summed E-state index contributed by atoms with van der Waals surface area (Å²) < 4.78 is 11.5. The average Bonchev–Trinajstić information content (AvgIpc) is 3.44. The lowest BCUT2D eigenvalue weighted by Gasteiger charge is -2.19. The van der Waals surface area contributed by atoms with Crippen molar-refractivity contribution in [3.05, 3.63) is 29.8 Å². The molecule has 0 aliphatic heterocycles. The Bertz CT molecular complexity index is 561. The SMILES string of the molecule is CCNC(=NCC(O)COCC1CC1)NCC(C)Oc1ccccc1C. The maximum absolute atomic E-state index is 9.99. The van der Waals surface area contributed by atoms with Crippen LogP contribution in [0.15, 0.2) is 29.3 Å². The lowest BCUT2D eigenvalue weighted by atomic mass is 10.2. The molecule has 0 spiro atoms. The number of guanidine groups is 1. The second-order valence-corrected chi connectivity index (χ2v) is 6.93. The van der Waals surface area contributed by atoms with Crippen molar-refractivity contribution in [2.75, 3.05) is 32.8 Å². The number of aliphatic hydroxyl groups is 1. The number of nitrogens with one attached hydrogen (secondary N) is 2. The van der Waals surface area contributed by atoms with Crippen molar-refractivity contribution >= 4 is 5.96 Å². The molecule has 1 fully saturated rings. The van der Waals surface area contributed by atoms with E-state index in [2.05, 4.69) is 15.6 Å². The third-order valence-electron chi connectivity index (χ3n) is 4.14. The molecule has 146 valence electrons. The Morgan fingerprint density at radius 2 is 2.08 bits per heavy atom. The molecule has 2 unspecified atom stereocenters. The molecule has 6 nitrogen and oxygen atoms in total. The topological polar surface area (TPSA) is 75.1 Å². The standard InChI is InChI=1S/C20H33N3O3/c1-4-21-20(23-12-18(24)14-25-13-17-9-10-17)22-11-16(3)26-19-8-6-5-7-15(19)2/h5-8,16-18,24H,4,9-14H2,1-3H3,(H2,21,22,23). The number of nitrogens with zero attached hydrogens (tertiary/aromatic N) is 1. The Morgan fingerprint density at radius 1 is 1.31 bits per heavy atom. The molecule has 2 atom stereocenters. The summed E-state index contributed by atoms with van der Waals surface area (Å²) in [5, 5.41) is 16.4. The summed E-state index contributed by atoms with van der Waals surface area (Å²) in [4.78, 5) is 4.43. The second kappa shape index (κ2) is 11.0. The van der Waals surface area contributed by atoms with Crippen LogP contribution in [-0.4, -0.2) is 56.1 Å². The minimum absolute atomic E-state index is 0.00763.